The van der Waals surface area contributed by atoms with Gasteiger partial charge in [0.25, 0.3) is 0 Å². The molecule has 1 atom stereocenters. The van der Waals surface area contributed by atoms with Gasteiger partial charge in [0.15, 0.2) is 5.60 Å². The molecule has 3 aliphatic rings. The van der Waals surface area contributed by atoms with Crippen molar-refractivity contribution in [3.05, 3.63) is 113 Å². The Balaban J connectivity index is 1.20. The Morgan fingerprint density at radius 2 is 1.50 bits per heavy atom. The van der Waals surface area contributed by atoms with Crippen LogP contribution in [0.5, 0.6) is 17.2 Å². The van der Waals surface area contributed by atoms with Gasteiger partial charge in [0.2, 0.25) is 0 Å². The number of nitrogens with one attached hydrogen (secondary N) is 2. The van der Waals surface area contributed by atoms with Gasteiger partial charge in [-0.3, -0.25) is 5.32 Å². The van der Waals surface area contributed by atoms with Crippen LogP contribution in [0, 0.1) is 0 Å². The SMILES string of the molecule is O=C(Nc1ccc2c(c1)Oc1cc(NC(=O)N3CCOCC3)ccc1C21OC(=O)c2ccccc21)OCc1ccc(O)cc1. The molecule has 0 bridgehead atoms. The fourth-order valence-corrected chi connectivity index (χ4v) is 5.70. The molecule has 4 aromatic carbocycles. The molecule has 7 rings (SSSR count). The van der Waals surface area contributed by atoms with Gasteiger partial charge in [-0.2, -0.15) is 0 Å². The van der Waals surface area contributed by atoms with Crippen LogP contribution in [0.3, 0.4) is 0 Å². The summed E-state index contributed by atoms with van der Waals surface area (Å²) in [6, 6.07) is 23.6. The third-order valence-electron chi connectivity index (χ3n) is 7.82. The van der Waals surface area contributed by atoms with E-state index < -0.39 is 17.7 Å². The number of ether oxygens (including phenoxy) is 4. The second-order valence-electron chi connectivity index (χ2n) is 10.5. The highest BCUT2D eigenvalue weighted by Crippen LogP contribution is 2.56. The number of carbonyl (C=O) groups is 3. The number of amides is 3. The number of hydrogen-bond donors (Lipinski definition) is 3. The highest BCUT2D eigenvalue weighted by molar-refractivity contribution is 5.97. The van der Waals surface area contributed by atoms with Gasteiger partial charge in [0.05, 0.1) is 18.8 Å². The maximum Gasteiger partial charge on any atom is 0.411 e. The number of urea groups is 1. The lowest BCUT2D eigenvalue weighted by Crippen LogP contribution is -2.43. The van der Waals surface area contributed by atoms with Crippen molar-refractivity contribution in [2.75, 3.05) is 36.9 Å². The van der Waals surface area contributed by atoms with Crippen LogP contribution in [0.25, 0.3) is 0 Å². The van der Waals surface area contributed by atoms with Crippen molar-refractivity contribution in [2.45, 2.75) is 12.2 Å². The lowest BCUT2D eigenvalue weighted by molar-refractivity contribution is 0.0224. The standard InChI is InChI=1S/C33H27N3O8/c37-23-9-5-20(6-10-23)19-42-32(40)35-22-8-12-27-29(18-22)43-28-17-21(34-31(39)36-13-15-41-16-14-36)7-11-26(28)33(27)25-4-2-1-3-24(25)30(38)44-33/h1-12,17-18,37H,13-16,19H2,(H,34,39)(H,35,40). The number of esters is 1. The number of anilines is 2. The molecule has 11 nitrogen and oxygen atoms in total. The Kier molecular flexibility index (Phi) is 6.78. The molecule has 1 saturated heterocycles. The zero-order valence-corrected chi connectivity index (χ0v) is 23.4. The average Bonchev–Trinajstić information content (AvgIpc) is 3.33. The van der Waals surface area contributed by atoms with Gasteiger partial charge in [-0.1, -0.05) is 30.3 Å². The van der Waals surface area contributed by atoms with Crippen LogP contribution in [0.1, 0.15) is 32.6 Å². The first-order chi connectivity index (χ1) is 21.4. The minimum Gasteiger partial charge on any atom is -0.508 e. The van der Waals surface area contributed by atoms with Gasteiger partial charge in [0, 0.05) is 53.3 Å². The van der Waals surface area contributed by atoms with Crippen molar-refractivity contribution in [1.29, 1.82) is 0 Å². The van der Waals surface area contributed by atoms with Crippen LogP contribution in [0.4, 0.5) is 21.0 Å². The van der Waals surface area contributed by atoms with E-state index in [0.717, 1.165) is 0 Å². The summed E-state index contributed by atoms with van der Waals surface area (Å²) in [7, 11) is 0. The summed E-state index contributed by atoms with van der Waals surface area (Å²) < 4.78 is 23.2. The number of carbonyl (C=O) groups excluding carboxylic acids is 3. The van der Waals surface area contributed by atoms with E-state index in [9.17, 15) is 19.5 Å². The third kappa shape index (κ3) is 4.82. The minimum absolute atomic E-state index is 0.00965. The summed E-state index contributed by atoms with van der Waals surface area (Å²) in [4.78, 5) is 40.3. The first kappa shape index (κ1) is 27.3. The second-order valence-corrected chi connectivity index (χ2v) is 10.5. The normalized spacial score (nSPS) is 17.9. The number of morpholine rings is 1. The molecule has 4 aromatic rings. The van der Waals surface area contributed by atoms with Crippen LogP contribution in [-0.2, 0) is 26.4 Å². The van der Waals surface area contributed by atoms with E-state index in [1.165, 1.54) is 12.1 Å². The van der Waals surface area contributed by atoms with Crippen molar-refractivity contribution in [1.82, 2.24) is 4.90 Å². The average molecular weight is 594 g/mol. The summed E-state index contributed by atoms with van der Waals surface area (Å²) >= 11 is 0. The van der Waals surface area contributed by atoms with Crippen molar-refractivity contribution in [2.24, 2.45) is 0 Å². The van der Waals surface area contributed by atoms with Crippen LogP contribution >= 0.6 is 0 Å². The summed E-state index contributed by atoms with van der Waals surface area (Å²) in [6.07, 6.45) is -0.685. The second kappa shape index (κ2) is 10.9. The van der Waals surface area contributed by atoms with Gasteiger partial charge in [-0.05, 0) is 48.0 Å². The Labute approximate surface area is 251 Å². The number of hydrogen-bond acceptors (Lipinski definition) is 8. The predicted molar refractivity (Wildman–Crippen MR) is 158 cm³/mol. The lowest BCUT2D eigenvalue weighted by Gasteiger charge is -2.37. The number of phenols is 1. The molecule has 3 amide bonds. The van der Waals surface area contributed by atoms with E-state index in [0.29, 0.717) is 77.0 Å². The summed E-state index contributed by atoms with van der Waals surface area (Å²) in [5, 5.41) is 15.1. The van der Waals surface area contributed by atoms with Gasteiger partial charge >= 0.3 is 18.1 Å². The number of aromatic hydroxyl groups is 1. The smallest absolute Gasteiger partial charge is 0.411 e. The Bertz CT molecular complexity index is 1780. The molecular weight excluding hydrogens is 566 g/mol. The molecule has 11 heteroatoms. The van der Waals surface area contributed by atoms with Crippen LogP contribution in [-0.4, -0.2) is 54.4 Å². The zero-order valence-electron chi connectivity index (χ0n) is 23.4. The lowest BCUT2D eigenvalue weighted by atomic mass is 9.77. The highest BCUT2D eigenvalue weighted by atomic mass is 16.6. The van der Waals surface area contributed by atoms with E-state index in [4.69, 9.17) is 18.9 Å². The summed E-state index contributed by atoms with van der Waals surface area (Å²) in [5.74, 6) is 0.390. The number of fused-ring (bicyclic) bond motifs is 6. The molecule has 0 aliphatic carbocycles. The van der Waals surface area contributed by atoms with E-state index in [2.05, 4.69) is 10.6 Å². The molecule has 44 heavy (non-hydrogen) atoms. The molecule has 222 valence electrons. The number of nitrogens with zero attached hydrogens (tertiary/aromatic N) is 1. The van der Waals surface area contributed by atoms with Gasteiger partial charge < -0.3 is 34.3 Å². The van der Waals surface area contributed by atoms with Crippen molar-refractivity contribution in [3.63, 3.8) is 0 Å². The summed E-state index contributed by atoms with van der Waals surface area (Å²) in [6.45, 7) is 1.94. The molecule has 3 N–H and O–H groups in total. The molecule has 0 aromatic heterocycles. The largest absolute Gasteiger partial charge is 0.508 e. The molecule has 0 radical (unpaired) electrons. The first-order valence-corrected chi connectivity index (χ1v) is 14.1. The number of benzene rings is 4. The van der Waals surface area contributed by atoms with E-state index in [-0.39, 0.29) is 18.4 Å². The molecule has 3 aliphatic heterocycles. The van der Waals surface area contributed by atoms with Gasteiger partial charge in [0.1, 0.15) is 23.9 Å². The fraction of sp³-hybridized carbons (Fsp3) is 0.182. The molecule has 1 spiro atoms. The quantitative estimate of drug-likeness (QED) is 0.261. The maximum absolute atomic E-state index is 13.1. The van der Waals surface area contributed by atoms with E-state index >= 15 is 0 Å². The van der Waals surface area contributed by atoms with Crippen molar-refractivity contribution in [3.8, 4) is 17.2 Å². The fourth-order valence-electron chi connectivity index (χ4n) is 5.70. The Hall–Kier alpha value is -5.55. The topological polar surface area (TPSA) is 136 Å². The van der Waals surface area contributed by atoms with Crippen LogP contribution in [0.2, 0.25) is 0 Å². The van der Waals surface area contributed by atoms with Crippen LogP contribution < -0.4 is 15.4 Å². The predicted octanol–water partition coefficient (Wildman–Crippen LogP) is 5.57. The van der Waals surface area contributed by atoms with E-state index in [1.807, 2.05) is 12.1 Å². The minimum atomic E-state index is -1.30. The monoisotopic (exact) mass is 593 g/mol. The first-order valence-electron chi connectivity index (χ1n) is 14.1. The Morgan fingerprint density at radius 1 is 0.841 bits per heavy atom. The zero-order chi connectivity index (χ0) is 30.3. The van der Waals surface area contributed by atoms with Crippen molar-refractivity contribution < 1.29 is 38.4 Å². The highest BCUT2D eigenvalue weighted by Gasteiger charge is 2.53. The molecular formula is C33H27N3O8. The van der Waals surface area contributed by atoms with Crippen molar-refractivity contribution >= 4 is 29.5 Å². The molecule has 3 heterocycles. The van der Waals surface area contributed by atoms with Gasteiger partial charge in [-0.15, -0.1) is 0 Å². The number of rotatable bonds is 4. The summed E-state index contributed by atoms with van der Waals surface area (Å²) in [5.41, 5.74) is 2.59. The molecule has 0 saturated carbocycles. The van der Waals surface area contributed by atoms with Crippen LogP contribution in [0.15, 0.2) is 84.9 Å². The number of phenolic OH excluding ortho intramolecular Hbond substituents is 1. The van der Waals surface area contributed by atoms with E-state index in [1.54, 1.807) is 65.6 Å². The maximum atomic E-state index is 13.1. The molecule has 1 fully saturated rings. The Morgan fingerprint density at radius 3 is 2.20 bits per heavy atom. The third-order valence-corrected chi connectivity index (χ3v) is 7.82. The van der Waals surface area contributed by atoms with Gasteiger partial charge in [-0.25, -0.2) is 14.4 Å². The molecule has 1 unspecified atom stereocenters.